The van der Waals surface area contributed by atoms with E-state index < -0.39 is 0 Å². The number of hydrogen-bond acceptors (Lipinski definition) is 5. The molecule has 26 heavy (non-hydrogen) atoms. The third kappa shape index (κ3) is 3.39. The molecule has 0 atom stereocenters. The number of amides is 1. The van der Waals surface area contributed by atoms with Crippen molar-refractivity contribution in [2.75, 3.05) is 31.1 Å². The van der Waals surface area contributed by atoms with Gasteiger partial charge in [0.1, 0.15) is 0 Å². The van der Waals surface area contributed by atoms with E-state index in [9.17, 15) is 4.79 Å². The third-order valence-electron chi connectivity index (χ3n) is 4.87. The lowest BCUT2D eigenvalue weighted by molar-refractivity contribution is -0.126. The Hall–Kier alpha value is -2.18. The molecule has 0 aliphatic carbocycles. The minimum atomic E-state index is 0.0915. The van der Waals surface area contributed by atoms with Crippen molar-refractivity contribution in [1.82, 2.24) is 9.88 Å². The first-order chi connectivity index (χ1) is 12.6. The Morgan fingerprint density at radius 1 is 1.15 bits per heavy atom. The van der Waals surface area contributed by atoms with Crippen LogP contribution in [0.15, 0.2) is 35.7 Å². The molecular weight excluding hydrogens is 362 g/mol. The number of fused-ring (bicyclic) bond motifs is 1. The van der Waals surface area contributed by atoms with Gasteiger partial charge < -0.3 is 9.80 Å². The average molecular weight is 384 g/mol. The highest BCUT2D eigenvalue weighted by molar-refractivity contribution is 7.22. The molecule has 0 saturated carbocycles. The summed E-state index contributed by atoms with van der Waals surface area (Å²) in [5.41, 5.74) is 3.65. The summed E-state index contributed by atoms with van der Waals surface area (Å²) >= 11 is 3.38. The molecule has 3 aromatic rings. The van der Waals surface area contributed by atoms with Crippen LogP contribution >= 0.6 is 22.7 Å². The van der Waals surface area contributed by atoms with Gasteiger partial charge in [0.25, 0.3) is 0 Å². The number of hydrogen-bond donors (Lipinski definition) is 0. The molecule has 6 heteroatoms. The van der Waals surface area contributed by atoms with Crippen LogP contribution in [0.1, 0.15) is 16.0 Å². The van der Waals surface area contributed by atoms with E-state index in [0.29, 0.717) is 0 Å². The first kappa shape index (κ1) is 17.2. The summed E-state index contributed by atoms with van der Waals surface area (Å²) in [6.07, 6.45) is 3.59. The number of aromatic nitrogens is 1. The normalized spacial score (nSPS) is 15.3. The van der Waals surface area contributed by atoms with Crippen molar-refractivity contribution in [1.29, 1.82) is 0 Å². The molecule has 2 aromatic heterocycles. The predicted molar refractivity (Wildman–Crippen MR) is 111 cm³/mol. The monoisotopic (exact) mass is 383 g/mol. The summed E-state index contributed by atoms with van der Waals surface area (Å²) in [5.74, 6) is 0.0915. The van der Waals surface area contributed by atoms with Crippen molar-refractivity contribution in [3.63, 3.8) is 0 Å². The minimum Gasteiger partial charge on any atom is -0.345 e. The van der Waals surface area contributed by atoms with Gasteiger partial charge in [-0.1, -0.05) is 23.5 Å². The van der Waals surface area contributed by atoms with Crippen LogP contribution in [0.2, 0.25) is 0 Å². The van der Waals surface area contributed by atoms with Gasteiger partial charge in [-0.15, -0.1) is 11.3 Å². The standard InChI is InChI=1S/C20H21N3OS2/c1-14-5-7-17-19(15(14)2)21-20(26-17)23-11-9-22(10-12-23)18(24)8-6-16-4-3-13-25-16/h3-8,13H,9-12H2,1-2H3/b8-6+. The van der Waals surface area contributed by atoms with Crippen LogP contribution in [-0.4, -0.2) is 42.0 Å². The zero-order valence-electron chi connectivity index (χ0n) is 14.9. The molecule has 4 nitrogen and oxygen atoms in total. The number of piperazine rings is 1. The highest BCUT2D eigenvalue weighted by Crippen LogP contribution is 2.32. The fourth-order valence-corrected chi connectivity index (χ4v) is 4.81. The van der Waals surface area contributed by atoms with Crippen LogP contribution in [0, 0.1) is 13.8 Å². The van der Waals surface area contributed by atoms with E-state index in [1.807, 2.05) is 28.5 Å². The molecule has 1 aromatic carbocycles. The van der Waals surface area contributed by atoms with E-state index in [1.54, 1.807) is 28.7 Å². The maximum atomic E-state index is 12.4. The van der Waals surface area contributed by atoms with E-state index in [1.165, 1.54) is 15.8 Å². The molecule has 3 heterocycles. The van der Waals surface area contributed by atoms with Crippen molar-refractivity contribution >= 4 is 50.0 Å². The Bertz CT molecular complexity index is 951. The van der Waals surface area contributed by atoms with Crippen molar-refractivity contribution in [2.24, 2.45) is 0 Å². The van der Waals surface area contributed by atoms with Gasteiger partial charge in [-0.05, 0) is 48.6 Å². The molecule has 0 N–H and O–H groups in total. The summed E-state index contributed by atoms with van der Waals surface area (Å²) in [7, 11) is 0. The first-order valence-electron chi connectivity index (χ1n) is 8.74. The number of carbonyl (C=O) groups is 1. The van der Waals surface area contributed by atoms with Gasteiger partial charge in [0, 0.05) is 37.1 Å². The molecule has 0 unspecified atom stereocenters. The Balaban J connectivity index is 1.42. The zero-order chi connectivity index (χ0) is 18.1. The van der Waals surface area contributed by atoms with Gasteiger partial charge in [-0.25, -0.2) is 4.98 Å². The van der Waals surface area contributed by atoms with Crippen LogP contribution in [0.5, 0.6) is 0 Å². The minimum absolute atomic E-state index is 0.0915. The summed E-state index contributed by atoms with van der Waals surface area (Å²) in [4.78, 5) is 22.6. The van der Waals surface area contributed by atoms with Crippen LogP contribution in [0.3, 0.4) is 0 Å². The molecule has 1 aliphatic rings. The van der Waals surface area contributed by atoms with Gasteiger partial charge in [-0.3, -0.25) is 4.79 Å². The summed E-state index contributed by atoms with van der Waals surface area (Å²) < 4.78 is 1.24. The fraction of sp³-hybridized carbons (Fsp3) is 0.300. The molecule has 1 amide bonds. The molecule has 1 fully saturated rings. The van der Waals surface area contributed by atoms with E-state index >= 15 is 0 Å². The second-order valence-corrected chi connectivity index (χ2v) is 8.50. The number of thiazole rings is 1. The molecule has 0 radical (unpaired) electrons. The van der Waals surface area contributed by atoms with Gasteiger partial charge in [0.2, 0.25) is 5.91 Å². The van der Waals surface area contributed by atoms with Gasteiger partial charge in [-0.2, -0.15) is 0 Å². The number of anilines is 1. The van der Waals surface area contributed by atoms with E-state index in [4.69, 9.17) is 4.98 Å². The van der Waals surface area contributed by atoms with Crippen molar-refractivity contribution in [2.45, 2.75) is 13.8 Å². The number of carbonyl (C=O) groups excluding carboxylic acids is 1. The van der Waals surface area contributed by atoms with Crippen LogP contribution < -0.4 is 4.90 Å². The summed E-state index contributed by atoms with van der Waals surface area (Å²) in [6.45, 7) is 7.40. The van der Waals surface area contributed by atoms with Crippen molar-refractivity contribution < 1.29 is 4.79 Å². The molecular formula is C20H21N3OS2. The number of thiophene rings is 1. The third-order valence-corrected chi connectivity index (χ3v) is 6.79. The Kier molecular flexibility index (Phi) is 4.78. The van der Waals surface area contributed by atoms with Gasteiger partial charge in [0.15, 0.2) is 5.13 Å². The SMILES string of the molecule is Cc1ccc2sc(N3CCN(C(=O)/C=C/c4cccs4)CC3)nc2c1C. The lowest BCUT2D eigenvalue weighted by Gasteiger charge is -2.34. The largest absolute Gasteiger partial charge is 0.345 e. The zero-order valence-corrected chi connectivity index (χ0v) is 16.6. The second kappa shape index (κ2) is 7.21. The molecule has 1 aliphatic heterocycles. The van der Waals surface area contributed by atoms with Crippen LogP contribution in [0.4, 0.5) is 5.13 Å². The average Bonchev–Trinajstić information content (AvgIpc) is 3.33. The molecule has 0 bridgehead atoms. The maximum Gasteiger partial charge on any atom is 0.246 e. The van der Waals surface area contributed by atoms with Gasteiger partial charge >= 0.3 is 0 Å². The van der Waals surface area contributed by atoms with Gasteiger partial charge in [0.05, 0.1) is 10.2 Å². The highest BCUT2D eigenvalue weighted by Gasteiger charge is 2.22. The molecule has 0 spiro atoms. The van der Waals surface area contributed by atoms with Crippen LogP contribution in [0.25, 0.3) is 16.3 Å². The first-order valence-corrected chi connectivity index (χ1v) is 10.4. The smallest absolute Gasteiger partial charge is 0.246 e. The van der Waals surface area contributed by atoms with Crippen molar-refractivity contribution in [3.05, 3.63) is 51.7 Å². The number of benzene rings is 1. The summed E-state index contributed by atoms with van der Waals surface area (Å²) in [5, 5.41) is 3.08. The molecule has 4 rings (SSSR count). The van der Waals surface area contributed by atoms with Crippen LogP contribution in [-0.2, 0) is 4.79 Å². The number of rotatable bonds is 3. The Labute approximate surface area is 161 Å². The topological polar surface area (TPSA) is 36.4 Å². The maximum absolute atomic E-state index is 12.4. The summed E-state index contributed by atoms with van der Waals surface area (Å²) in [6, 6.07) is 8.34. The van der Waals surface area contributed by atoms with E-state index in [2.05, 4.69) is 30.9 Å². The fourth-order valence-electron chi connectivity index (χ4n) is 3.11. The number of nitrogens with zero attached hydrogens (tertiary/aromatic N) is 3. The Morgan fingerprint density at radius 2 is 1.96 bits per heavy atom. The lowest BCUT2D eigenvalue weighted by atomic mass is 10.1. The molecule has 1 saturated heterocycles. The lowest BCUT2D eigenvalue weighted by Crippen LogP contribution is -2.48. The van der Waals surface area contributed by atoms with E-state index in [-0.39, 0.29) is 5.91 Å². The highest BCUT2D eigenvalue weighted by atomic mass is 32.1. The quantitative estimate of drug-likeness (QED) is 0.632. The second-order valence-electron chi connectivity index (χ2n) is 6.51. The van der Waals surface area contributed by atoms with Crippen molar-refractivity contribution in [3.8, 4) is 0 Å². The number of aryl methyl sites for hydroxylation is 2. The Morgan fingerprint density at radius 3 is 2.69 bits per heavy atom. The molecule has 134 valence electrons. The van der Waals surface area contributed by atoms with E-state index in [0.717, 1.165) is 41.7 Å². The predicted octanol–water partition coefficient (Wildman–Crippen LogP) is 4.34.